The summed E-state index contributed by atoms with van der Waals surface area (Å²) >= 11 is 0. The lowest BCUT2D eigenvalue weighted by molar-refractivity contribution is 0.0692. The second-order valence-corrected chi connectivity index (χ2v) is 5.45. The first-order valence-electron chi connectivity index (χ1n) is 7.49. The second-order valence-electron chi connectivity index (χ2n) is 5.45. The fourth-order valence-electron chi connectivity index (χ4n) is 2.38. The van der Waals surface area contributed by atoms with Crippen LogP contribution in [0.25, 0.3) is 11.3 Å². The molecule has 22 heavy (non-hydrogen) atoms. The molecule has 0 unspecified atom stereocenters. The van der Waals surface area contributed by atoms with E-state index in [2.05, 4.69) is 9.97 Å². The van der Waals surface area contributed by atoms with Gasteiger partial charge in [-0.05, 0) is 49.9 Å². The number of hydrogen-bond acceptors (Lipinski definition) is 4. The minimum atomic E-state index is -1.00. The Bertz CT molecular complexity index is 696. The Morgan fingerprint density at radius 1 is 1.36 bits per heavy atom. The van der Waals surface area contributed by atoms with Crippen molar-refractivity contribution in [3.63, 3.8) is 0 Å². The summed E-state index contributed by atoms with van der Waals surface area (Å²) in [5.41, 5.74) is 1.67. The van der Waals surface area contributed by atoms with Crippen LogP contribution in [0.1, 0.15) is 35.9 Å². The van der Waals surface area contributed by atoms with Crippen LogP contribution >= 0.6 is 0 Å². The van der Waals surface area contributed by atoms with Crippen LogP contribution in [0.5, 0.6) is 5.75 Å². The first-order valence-corrected chi connectivity index (χ1v) is 7.49. The van der Waals surface area contributed by atoms with Gasteiger partial charge in [0.25, 0.3) is 0 Å². The number of benzene rings is 1. The van der Waals surface area contributed by atoms with Crippen LogP contribution in [-0.2, 0) is 6.42 Å². The number of carbonyl (C=O) groups is 1. The Hall–Kier alpha value is -2.43. The van der Waals surface area contributed by atoms with Crippen molar-refractivity contribution in [3.8, 4) is 17.0 Å². The van der Waals surface area contributed by atoms with Crippen LogP contribution in [0, 0.1) is 5.92 Å². The fourth-order valence-corrected chi connectivity index (χ4v) is 2.38. The van der Waals surface area contributed by atoms with Gasteiger partial charge in [-0.25, -0.2) is 14.8 Å². The topological polar surface area (TPSA) is 72.3 Å². The molecule has 5 heteroatoms. The number of ether oxygens (including phenoxy) is 1. The average Bonchev–Trinajstić information content (AvgIpc) is 3.32. The Labute approximate surface area is 129 Å². The summed E-state index contributed by atoms with van der Waals surface area (Å²) in [6.07, 6.45) is 5.13. The lowest BCUT2D eigenvalue weighted by atomic mass is 10.1. The third-order valence-corrected chi connectivity index (χ3v) is 3.68. The van der Waals surface area contributed by atoms with Crippen molar-refractivity contribution >= 4 is 5.97 Å². The predicted octanol–water partition coefficient (Wildman–Crippen LogP) is 3.19. The smallest absolute Gasteiger partial charge is 0.339 e. The Morgan fingerprint density at radius 2 is 2.18 bits per heavy atom. The van der Waals surface area contributed by atoms with Gasteiger partial charge in [-0.15, -0.1) is 0 Å². The molecule has 0 bridgehead atoms. The minimum Gasteiger partial charge on any atom is -0.493 e. The largest absolute Gasteiger partial charge is 0.493 e. The Balaban J connectivity index is 1.93. The number of aromatic nitrogens is 2. The number of aromatic carboxylic acids is 1. The zero-order valence-electron chi connectivity index (χ0n) is 12.5. The molecule has 0 aliphatic heterocycles. The van der Waals surface area contributed by atoms with Crippen molar-refractivity contribution in [3.05, 3.63) is 41.9 Å². The summed E-state index contributed by atoms with van der Waals surface area (Å²) in [5.74, 6) is 0.916. The Morgan fingerprint density at radius 3 is 2.86 bits per heavy atom. The van der Waals surface area contributed by atoms with Crippen molar-refractivity contribution in [2.24, 2.45) is 5.92 Å². The van der Waals surface area contributed by atoms with E-state index in [1.807, 2.05) is 13.0 Å². The van der Waals surface area contributed by atoms with Gasteiger partial charge in [-0.1, -0.05) is 0 Å². The molecule has 1 heterocycles. The SMILES string of the molecule is CCOc1ccc(-c2ccnc(CC3CC3)n2)cc1C(=O)O. The van der Waals surface area contributed by atoms with Crippen LogP contribution in [0.2, 0.25) is 0 Å². The normalized spacial score (nSPS) is 13.9. The molecule has 5 nitrogen and oxygen atoms in total. The standard InChI is InChI=1S/C17H18N2O3/c1-2-22-15-6-5-12(10-13(15)17(20)21)14-7-8-18-16(19-14)9-11-3-4-11/h5-8,10-11H,2-4,9H2,1H3,(H,20,21). The van der Waals surface area contributed by atoms with Gasteiger partial charge in [-0.3, -0.25) is 0 Å². The van der Waals surface area contributed by atoms with E-state index in [0.717, 1.165) is 23.5 Å². The van der Waals surface area contributed by atoms with E-state index in [-0.39, 0.29) is 5.56 Å². The summed E-state index contributed by atoms with van der Waals surface area (Å²) in [7, 11) is 0. The van der Waals surface area contributed by atoms with E-state index in [4.69, 9.17) is 4.74 Å². The summed E-state index contributed by atoms with van der Waals surface area (Å²) in [6.45, 7) is 2.26. The molecule has 0 amide bonds. The van der Waals surface area contributed by atoms with E-state index in [1.165, 1.54) is 12.8 Å². The molecule has 3 rings (SSSR count). The summed E-state index contributed by atoms with van der Waals surface area (Å²) in [5, 5.41) is 9.33. The maximum Gasteiger partial charge on any atom is 0.339 e. The van der Waals surface area contributed by atoms with Gasteiger partial charge in [0, 0.05) is 18.2 Å². The van der Waals surface area contributed by atoms with Gasteiger partial charge < -0.3 is 9.84 Å². The molecule has 1 aliphatic carbocycles. The maximum absolute atomic E-state index is 11.4. The van der Waals surface area contributed by atoms with Gasteiger partial charge in [-0.2, -0.15) is 0 Å². The number of nitrogens with zero attached hydrogens (tertiary/aromatic N) is 2. The van der Waals surface area contributed by atoms with Crippen LogP contribution in [0.3, 0.4) is 0 Å². The molecule has 2 aromatic rings. The van der Waals surface area contributed by atoms with Gasteiger partial charge in [0.15, 0.2) is 0 Å². The van der Waals surface area contributed by atoms with E-state index >= 15 is 0 Å². The molecule has 1 aliphatic rings. The summed E-state index contributed by atoms with van der Waals surface area (Å²) in [4.78, 5) is 20.2. The van der Waals surface area contributed by atoms with Crippen molar-refractivity contribution < 1.29 is 14.6 Å². The van der Waals surface area contributed by atoms with Crippen LogP contribution in [0.15, 0.2) is 30.5 Å². The third kappa shape index (κ3) is 3.24. The molecule has 1 N–H and O–H groups in total. The van der Waals surface area contributed by atoms with Crippen molar-refractivity contribution in [2.45, 2.75) is 26.2 Å². The molecule has 0 atom stereocenters. The van der Waals surface area contributed by atoms with Gasteiger partial charge in [0.2, 0.25) is 0 Å². The van der Waals surface area contributed by atoms with Crippen LogP contribution in [-0.4, -0.2) is 27.7 Å². The molecule has 1 saturated carbocycles. The molecule has 1 fully saturated rings. The van der Waals surface area contributed by atoms with Crippen molar-refractivity contribution in [1.82, 2.24) is 9.97 Å². The highest BCUT2D eigenvalue weighted by atomic mass is 16.5. The second kappa shape index (κ2) is 6.13. The van der Waals surface area contributed by atoms with E-state index in [9.17, 15) is 9.90 Å². The first kappa shape index (κ1) is 14.5. The summed E-state index contributed by atoms with van der Waals surface area (Å²) in [6, 6.07) is 6.93. The van der Waals surface area contributed by atoms with Crippen LogP contribution in [0.4, 0.5) is 0 Å². The average molecular weight is 298 g/mol. The first-order chi connectivity index (χ1) is 10.7. The molecule has 0 saturated heterocycles. The van der Waals surface area contributed by atoms with Gasteiger partial charge >= 0.3 is 5.97 Å². The molecule has 0 radical (unpaired) electrons. The van der Waals surface area contributed by atoms with Crippen molar-refractivity contribution in [1.29, 1.82) is 0 Å². The lowest BCUT2D eigenvalue weighted by Gasteiger charge is -2.09. The van der Waals surface area contributed by atoms with E-state index < -0.39 is 5.97 Å². The monoisotopic (exact) mass is 298 g/mol. The molecular weight excluding hydrogens is 280 g/mol. The quantitative estimate of drug-likeness (QED) is 0.886. The van der Waals surface area contributed by atoms with E-state index in [0.29, 0.717) is 18.3 Å². The lowest BCUT2D eigenvalue weighted by Crippen LogP contribution is -2.04. The molecule has 114 valence electrons. The fraction of sp³-hybridized carbons (Fsp3) is 0.353. The zero-order valence-corrected chi connectivity index (χ0v) is 12.5. The maximum atomic E-state index is 11.4. The zero-order chi connectivity index (χ0) is 15.5. The third-order valence-electron chi connectivity index (χ3n) is 3.68. The molecule has 0 spiro atoms. The predicted molar refractivity (Wildman–Crippen MR) is 82.0 cm³/mol. The number of hydrogen-bond donors (Lipinski definition) is 1. The Kier molecular flexibility index (Phi) is 4.04. The number of carboxylic acids is 1. The van der Waals surface area contributed by atoms with Gasteiger partial charge in [0.1, 0.15) is 17.1 Å². The molecular formula is C17H18N2O3. The highest BCUT2D eigenvalue weighted by Crippen LogP contribution is 2.32. The van der Waals surface area contributed by atoms with Crippen molar-refractivity contribution in [2.75, 3.05) is 6.61 Å². The highest BCUT2D eigenvalue weighted by molar-refractivity contribution is 5.92. The summed E-state index contributed by atoms with van der Waals surface area (Å²) < 4.78 is 5.36. The number of carboxylic acid groups (broad SMARTS) is 1. The van der Waals surface area contributed by atoms with Crippen LogP contribution < -0.4 is 4.74 Å². The van der Waals surface area contributed by atoms with E-state index in [1.54, 1.807) is 24.4 Å². The highest BCUT2D eigenvalue weighted by Gasteiger charge is 2.23. The molecule has 1 aromatic heterocycles. The molecule has 1 aromatic carbocycles. The van der Waals surface area contributed by atoms with Gasteiger partial charge in [0.05, 0.1) is 12.3 Å². The number of rotatable bonds is 6. The minimum absolute atomic E-state index is 0.154.